The summed E-state index contributed by atoms with van der Waals surface area (Å²) >= 11 is 0. The Morgan fingerprint density at radius 2 is 1.89 bits per heavy atom. The highest BCUT2D eigenvalue weighted by molar-refractivity contribution is 5.77. The van der Waals surface area contributed by atoms with E-state index >= 15 is 0 Å². The monoisotopic (exact) mass is 262 g/mol. The van der Waals surface area contributed by atoms with Gasteiger partial charge in [0.25, 0.3) is 0 Å². The molecule has 0 aromatic heterocycles. The van der Waals surface area contributed by atoms with E-state index in [4.69, 9.17) is 4.84 Å². The molecule has 0 heterocycles. The summed E-state index contributed by atoms with van der Waals surface area (Å²) < 4.78 is 35.3. The Labute approximate surface area is 102 Å². The summed E-state index contributed by atoms with van der Waals surface area (Å²) in [4.78, 5) is 15.9. The van der Waals surface area contributed by atoms with Gasteiger partial charge in [0.1, 0.15) is 6.54 Å². The minimum absolute atomic E-state index is 0.230. The van der Waals surface area contributed by atoms with Crippen molar-refractivity contribution in [1.82, 2.24) is 10.8 Å². The fourth-order valence-electron chi connectivity index (χ4n) is 1.09. The number of halogens is 3. The number of carbonyl (C=O) groups excluding carboxylic acids is 1. The molecule has 0 saturated carbocycles. The van der Waals surface area contributed by atoms with Crippen molar-refractivity contribution in [2.75, 3.05) is 13.1 Å². The molecule has 1 amide bonds. The third-order valence-electron chi connectivity index (χ3n) is 1.90. The summed E-state index contributed by atoms with van der Waals surface area (Å²) in [6.45, 7) is -1.44. The molecule has 0 fully saturated rings. The Hall–Kier alpha value is -1.60. The summed E-state index contributed by atoms with van der Waals surface area (Å²) in [5, 5.41) is 1.71. The summed E-state index contributed by atoms with van der Waals surface area (Å²) in [5.41, 5.74) is 3.18. The van der Waals surface area contributed by atoms with Crippen LogP contribution in [0.15, 0.2) is 30.3 Å². The molecule has 0 radical (unpaired) electrons. The average Bonchev–Trinajstić information content (AvgIpc) is 2.33. The molecule has 1 aromatic carbocycles. The van der Waals surface area contributed by atoms with Crippen LogP contribution < -0.4 is 10.8 Å². The van der Waals surface area contributed by atoms with Crippen LogP contribution in [0.4, 0.5) is 13.2 Å². The number of amides is 1. The molecule has 1 aromatic rings. The van der Waals surface area contributed by atoms with Crippen molar-refractivity contribution in [3.63, 3.8) is 0 Å². The van der Waals surface area contributed by atoms with E-state index in [0.29, 0.717) is 0 Å². The SMILES string of the molecule is O=C(CNOCc1ccccc1)NCC(F)(F)F. The standard InChI is InChI=1S/C11H13F3N2O2/c12-11(13,14)8-15-10(17)6-16-18-7-9-4-2-1-3-5-9/h1-5,16H,6-8H2,(H,15,17). The second-order valence-corrected chi connectivity index (χ2v) is 3.49. The van der Waals surface area contributed by atoms with Gasteiger partial charge in [0, 0.05) is 0 Å². The molecule has 4 nitrogen and oxygen atoms in total. The highest BCUT2D eigenvalue weighted by Crippen LogP contribution is 2.11. The number of benzene rings is 1. The number of carbonyl (C=O) groups is 1. The third-order valence-corrected chi connectivity index (χ3v) is 1.90. The van der Waals surface area contributed by atoms with E-state index in [1.807, 2.05) is 30.3 Å². The fraction of sp³-hybridized carbons (Fsp3) is 0.364. The summed E-state index contributed by atoms with van der Waals surface area (Å²) in [6, 6.07) is 9.15. The smallest absolute Gasteiger partial charge is 0.346 e. The second kappa shape index (κ2) is 6.97. The molecule has 0 atom stereocenters. The molecule has 0 saturated heterocycles. The van der Waals surface area contributed by atoms with E-state index in [9.17, 15) is 18.0 Å². The van der Waals surface area contributed by atoms with E-state index in [-0.39, 0.29) is 13.2 Å². The quantitative estimate of drug-likeness (QED) is 0.601. The first-order valence-electron chi connectivity index (χ1n) is 5.19. The zero-order valence-electron chi connectivity index (χ0n) is 9.46. The maximum atomic E-state index is 11.8. The van der Waals surface area contributed by atoms with Crippen LogP contribution in [0.5, 0.6) is 0 Å². The average molecular weight is 262 g/mol. The number of rotatable bonds is 6. The molecule has 100 valence electrons. The van der Waals surface area contributed by atoms with Crippen molar-refractivity contribution >= 4 is 5.91 Å². The normalized spacial score (nSPS) is 11.3. The van der Waals surface area contributed by atoms with Gasteiger partial charge in [0.05, 0.1) is 13.2 Å². The Morgan fingerprint density at radius 3 is 2.50 bits per heavy atom. The predicted octanol–water partition coefficient (Wildman–Crippen LogP) is 1.39. The first kappa shape index (κ1) is 14.5. The molecule has 7 heteroatoms. The fourth-order valence-corrected chi connectivity index (χ4v) is 1.09. The van der Waals surface area contributed by atoms with Crippen molar-refractivity contribution in [2.24, 2.45) is 0 Å². The summed E-state index contributed by atoms with van der Waals surface area (Å²) in [7, 11) is 0. The zero-order valence-corrected chi connectivity index (χ0v) is 9.46. The van der Waals surface area contributed by atoms with Crippen molar-refractivity contribution in [2.45, 2.75) is 12.8 Å². The lowest BCUT2D eigenvalue weighted by Gasteiger charge is -2.09. The van der Waals surface area contributed by atoms with Crippen molar-refractivity contribution in [3.05, 3.63) is 35.9 Å². The van der Waals surface area contributed by atoms with Gasteiger partial charge in [-0.3, -0.25) is 9.63 Å². The van der Waals surface area contributed by atoms with Gasteiger partial charge in [-0.2, -0.15) is 18.7 Å². The van der Waals surface area contributed by atoms with Crippen LogP contribution in [0.1, 0.15) is 5.56 Å². The van der Waals surface area contributed by atoms with Gasteiger partial charge in [-0.05, 0) is 5.56 Å². The first-order chi connectivity index (χ1) is 8.47. The predicted molar refractivity (Wildman–Crippen MR) is 58.3 cm³/mol. The Balaban J connectivity index is 2.09. The first-order valence-corrected chi connectivity index (χ1v) is 5.19. The highest BCUT2D eigenvalue weighted by Gasteiger charge is 2.27. The van der Waals surface area contributed by atoms with Crippen LogP contribution in [-0.4, -0.2) is 25.2 Å². The van der Waals surface area contributed by atoms with Crippen LogP contribution in [0.2, 0.25) is 0 Å². The Kier molecular flexibility index (Phi) is 5.60. The van der Waals surface area contributed by atoms with E-state index in [2.05, 4.69) is 5.48 Å². The molecule has 0 aliphatic carbocycles. The molecule has 2 N–H and O–H groups in total. The molecular formula is C11H13F3N2O2. The molecule has 1 rings (SSSR count). The highest BCUT2D eigenvalue weighted by atomic mass is 19.4. The van der Waals surface area contributed by atoms with Gasteiger partial charge in [0.15, 0.2) is 0 Å². The lowest BCUT2D eigenvalue weighted by atomic mass is 10.2. The van der Waals surface area contributed by atoms with Crippen molar-refractivity contribution in [1.29, 1.82) is 0 Å². The number of hydrogen-bond donors (Lipinski definition) is 2. The maximum Gasteiger partial charge on any atom is 0.405 e. The van der Waals surface area contributed by atoms with Crippen LogP contribution >= 0.6 is 0 Å². The lowest BCUT2D eigenvalue weighted by molar-refractivity contribution is -0.139. The summed E-state index contributed by atoms with van der Waals surface area (Å²) in [5.74, 6) is -0.777. The zero-order chi connectivity index (χ0) is 13.4. The number of alkyl halides is 3. The number of nitrogens with one attached hydrogen (secondary N) is 2. The van der Waals surface area contributed by atoms with E-state index in [1.54, 1.807) is 5.32 Å². The maximum absolute atomic E-state index is 11.8. The van der Waals surface area contributed by atoms with Gasteiger partial charge >= 0.3 is 6.18 Å². The van der Waals surface area contributed by atoms with Gasteiger partial charge in [-0.15, -0.1) is 0 Å². The molecule has 0 unspecified atom stereocenters. The van der Waals surface area contributed by atoms with Crippen LogP contribution in [0, 0.1) is 0 Å². The van der Waals surface area contributed by atoms with Crippen molar-refractivity contribution in [3.8, 4) is 0 Å². The molecule has 0 spiro atoms. The topological polar surface area (TPSA) is 50.4 Å². The van der Waals surface area contributed by atoms with Crippen LogP contribution in [-0.2, 0) is 16.2 Å². The van der Waals surface area contributed by atoms with E-state index in [0.717, 1.165) is 5.56 Å². The third kappa shape index (κ3) is 6.87. The van der Waals surface area contributed by atoms with Gasteiger partial charge in [-0.1, -0.05) is 30.3 Å². The lowest BCUT2D eigenvalue weighted by Crippen LogP contribution is -2.39. The van der Waals surface area contributed by atoms with Crippen molar-refractivity contribution < 1.29 is 22.8 Å². The van der Waals surface area contributed by atoms with E-state index < -0.39 is 18.6 Å². The molecule has 18 heavy (non-hydrogen) atoms. The van der Waals surface area contributed by atoms with E-state index in [1.165, 1.54) is 0 Å². The molecule has 0 aliphatic rings. The number of hydrogen-bond acceptors (Lipinski definition) is 3. The van der Waals surface area contributed by atoms with Crippen LogP contribution in [0.3, 0.4) is 0 Å². The van der Waals surface area contributed by atoms with Crippen LogP contribution in [0.25, 0.3) is 0 Å². The Bertz CT molecular complexity index is 368. The minimum Gasteiger partial charge on any atom is -0.346 e. The number of hydroxylamine groups is 1. The molecule has 0 bridgehead atoms. The Morgan fingerprint density at radius 1 is 1.22 bits per heavy atom. The molecular weight excluding hydrogens is 249 g/mol. The van der Waals surface area contributed by atoms with Gasteiger partial charge in [0.2, 0.25) is 5.91 Å². The second-order valence-electron chi connectivity index (χ2n) is 3.49. The molecule has 0 aliphatic heterocycles. The summed E-state index contributed by atoms with van der Waals surface area (Å²) in [6.07, 6.45) is -4.40. The minimum atomic E-state index is -4.40. The largest absolute Gasteiger partial charge is 0.405 e. The van der Waals surface area contributed by atoms with Gasteiger partial charge < -0.3 is 5.32 Å². The van der Waals surface area contributed by atoms with Gasteiger partial charge in [-0.25, -0.2) is 0 Å².